The summed E-state index contributed by atoms with van der Waals surface area (Å²) < 4.78 is 37.7. The van der Waals surface area contributed by atoms with Crippen LogP contribution in [0.2, 0.25) is 0 Å². The number of carbonyl (C=O) groups excluding carboxylic acids is 1. The fraction of sp³-hybridized carbons (Fsp3) is 0.917. The van der Waals surface area contributed by atoms with E-state index in [0.717, 1.165) is 11.3 Å². The summed E-state index contributed by atoms with van der Waals surface area (Å²) in [5, 5.41) is 3.22. The molecule has 0 aromatic heterocycles. The van der Waals surface area contributed by atoms with Crippen LogP contribution in [-0.4, -0.2) is 41.7 Å². The highest BCUT2D eigenvalue weighted by Gasteiger charge is 2.48. The standard InChI is InChI=1S/C12H21F3N2O/c1-8(2)5-9-6-17(10(18)12(13,14)15)11(3,4)7-16-9/h8-9,16H,5-7H2,1-4H3. The van der Waals surface area contributed by atoms with E-state index >= 15 is 0 Å². The molecule has 0 aromatic carbocycles. The monoisotopic (exact) mass is 266 g/mol. The molecule has 1 rings (SSSR count). The summed E-state index contributed by atoms with van der Waals surface area (Å²) in [4.78, 5) is 12.4. The minimum Gasteiger partial charge on any atom is -0.327 e. The molecule has 1 amide bonds. The molecule has 1 unspecified atom stereocenters. The first kappa shape index (κ1) is 15.3. The van der Waals surface area contributed by atoms with Gasteiger partial charge in [0.25, 0.3) is 0 Å². The average molecular weight is 266 g/mol. The van der Waals surface area contributed by atoms with Crippen LogP contribution in [0.1, 0.15) is 34.1 Å². The van der Waals surface area contributed by atoms with Gasteiger partial charge in [-0.05, 0) is 26.2 Å². The van der Waals surface area contributed by atoms with E-state index < -0.39 is 17.6 Å². The Balaban J connectivity index is 2.81. The Kier molecular flexibility index (Phi) is 4.30. The zero-order valence-corrected chi connectivity index (χ0v) is 11.3. The van der Waals surface area contributed by atoms with Crippen LogP contribution in [-0.2, 0) is 4.79 Å². The summed E-state index contributed by atoms with van der Waals surface area (Å²) >= 11 is 0. The third kappa shape index (κ3) is 3.60. The molecule has 0 spiro atoms. The molecule has 1 aliphatic rings. The predicted octanol–water partition coefficient (Wildman–Crippen LogP) is 2.17. The van der Waals surface area contributed by atoms with Crippen molar-refractivity contribution in [3.8, 4) is 0 Å². The number of piperazine rings is 1. The van der Waals surface area contributed by atoms with Crippen molar-refractivity contribution in [2.24, 2.45) is 5.92 Å². The Morgan fingerprint density at radius 3 is 2.44 bits per heavy atom. The van der Waals surface area contributed by atoms with Gasteiger partial charge in [0.15, 0.2) is 0 Å². The lowest BCUT2D eigenvalue weighted by Gasteiger charge is -2.46. The van der Waals surface area contributed by atoms with Crippen molar-refractivity contribution in [1.29, 1.82) is 0 Å². The maximum Gasteiger partial charge on any atom is 0.471 e. The van der Waals surface area contributed by atoms with E-state index in [1.54, 1.807) is 13.8 Å². The molecule has 6 heteroatoms. The average Bonchev–Trinajstić information content (AvgIpc) is 2.17. The molecule has 0 aromatic rings. The van der Waals surface area contributed by atoms with E-state index in [-0.39, 0.29) is 12.6 Å². The fourth-order valence-electron chi connectivity index (χ4n) is 2.26. The molecule has 0 bridgehead atoms. The summed E-state index contributed by atoms with van der Waals surface area (Å²) in [7, 11) is 0. The second-order valence-electron chi connectivity index (χ2n) is 5.93. The van der Waals surface area contributed by atoms with Gasteiger partial charge in [0.1, 0.15) is 0 Å². The molecular weight excluding hydrogens is 245 g/mol. The van der Waals surface area contributed by atoms with Gasteiger partial charge in [0, 0.05) is 19.1 Å². The fourth-order valence-corrected chi connectivity index (χ4v) is 2.26. The van der Waals surface area contributed by atoms with Crippen LogP contribution in [0.25, 0.3) is 0 Å². The summed E-state index contributed by atoms with van der Waals surface area (Å²) in [5.41, 5.74) is -0.805. The molecule has 1 heterocycles. The third-order valence-corrected chi connectivity index (χ3v) is 3.20. The molecule has 1 N–H and O–H groups in total. The molecule has 3 nitrogen and oxygen atoms in total. The summed E-state index contributed by atoms with van der Waals surface area (Å²) in [6.07, 6.45) is -4.03. The van der Waals surface area contributed by atoms with Crippen molar-refractivity contribution >= 4 is 5.91 Å². The maximum atomic E-state index is 12.6. The molecule has 1 aliphatic heterocycles. The first-order valence-electron chi connectivity index (χ1n) is 6.16. The Morgan fingerprint density at radius 1 is 1.44 bits per heavy atom. The number of hydrogen-bond acceptors (Lipinski definition) is 2. The van der Waals surface area contributed by atoms with Gasteiger partial charge in [-0.1, -0.05) is 13.8 Å². The van der Waals surface area contributed by atoms with E-state index in [0.29, 0.717) is 12.5 Å². The second kappa shape index (κ2) is 5.07. The van der Waals surface area contributed by atoms with E-state index in [4.69, 9.17) is 0 Å². The number of carbonyl (C=O) groups is 1. The first-order valence-corrected chi connectivity index (χ1v) is 6.16. The number of alkyl halides is 3. The van der Waals surface area contributed by atoms with Gasteiger partial charge in [-0.25, -0.2) is 0 Å². The van der Waals surface area contributed by atoms with Gasteiger partial charge in [0.05, 0.1) is 5.54 Å². The Hall–Kier alpha value is -0.780. The highest BCUT2D eigenvalue weighted by Crippen LogP contribution is 2.27. The Labute approximate surface area is 106 Å². The van der Waals surface area contributed by atoms with Crippen LogP contribution in [0, 0.1) is 5.92 Å². The highest BCUT2D eigenvalue weighted by atomic mass is 19.4. The van der Waals surface area contributed by atoms with Crippen molar-refractivity contribution < 1.29 is 18.0 Å². The SMILES string of the molecule is CC(C)CC1CN(C(=O)C(F)(F)F)C(C)(C)CN1. The topological polar surface area (TPSA) is 32.3 Å². The van der Waals surface area contributed by atoms with E-state index in [9.17, 15) is 18.0 Å². The number of rotatable bonds is 2. The second-order valence-corrected chi connectivity index (χ2v) is 5.93. The molecule has 1 fully saturated rings. The van der Waals surface area contributed by atoms with Crippen molar-refractivity contribution in [3.63, 3.8) is 0 Å². The van der Waals surface area contributed by atoms with Crippen molar-refractivity contribution in [3.05, 3.63) is 0 Å². The molecule has 1 atom stereocenters. The number of halogens is 3. The van der Waals surface area contributed by atoms with E-state index in [2.05, 4.69) is 5.32 Å². The number of hydrogen-bond donors (Lipinski definition) is 1. The summed E-state index contributed by atoms with van der Waals surface area (Å²) in [6, 6.07) is -0.0654. The molecule has 1 saturated heterocycles. The Bertz CT molecular complexity index is 313. The van der Waals surface area contributed by atoms with Crippen LogP contribution < -0.4 is 5.32 Å². The largest absolute Gasteiger partial charge is 0.471 e. The molecule has 18 heavy (non-hydrogen) atoms. The number of nitrogens with zero attached hydrogens (tertiary/aromatic N) is 1. The normalized spacial score (nSPS) is 24.4. The quantitative estimate of drug-likeness (QED) is 0.831. The zero-order chi connectivity index (χ0) is 14.1. The van der Waals surface area contributed by atoms with Gasteiger partial charge in [0.2, 0.25) is 0 Å². The minimum atomic E-state index is -4.79. The third-order valence-electron chi connectivity index (χ3n) is 3.20. The number of nitrogens with one attached hydrogen (secondary N) is 1. The molecular formula is C12H21F3N2O. The molecule has 0 aliphatic carbocycles. The first-order chi connectivity index (χ1) is 8.04. The van der Waals surface area contributed by atoms with Crippen LogP contribution in [0.15, 0.2) is 0 Å². The van der Waals surface area contributed by atoms with Crippen LogP contribution in [0.4, 0.5) is 13.2 Å². The smallest absolute Gasteiger partial charge is 0.327 e. The van der Waals surface area contributed by atoms with Crippen molar-refractivity contribution in [2.45, 2.75) is 51.9 Å². The maximum absolute atomic E-state index is 12.6. The van der Waals surface area contributed by atoms with Crippen molar-refractivity contribution in [1.82, 2.24) is 10.2 Å². The van der Waals surface area contributed by atoms with Gasteiger partial charge in [-0.15, -0.1) is 0 Å². The lowest BCUT2D eigenvalue weighted by atomic mass is 9.93. The lowest BCUT2D eigenvalue weighted by Crippen LogP contribution is -2.65. The van der Waals surface area contributed by atoms with Gasteiger partial charge < -0.3 is 10.2 Å². The van der Waals surface area contributed by atoms with Crippen molar-refractivity contribution in [2.75, 3.05) is 13.1 Å². The van der Waals surface area contributed by atoms with Crippen LogP contribution in [0.5, 0.6) is 0 Å². The Morgan fingerprint density at radius 2 is 2.00 bits per heavy atom. The highest BCUT2D eigenvalue weighted by molar-refractivity contribution is 5.82. The molecule has 106 valence electrons. The van der Waals surface area contributed by atoms with Crippen LogP contribution in [0.3, 0.4) is 0 Å². The van der Waals surface area contributed by atoms with Gasteiger partial charge in [-0.2, -0.15) is 13.2 Å². The van der Waals surface area contributed by atoms with E-state index in [1.165, 1.54) is 0 Å². The van der Waals surface area contributed by atoms with Gasteiger partial charge in [-0.3, -0.25) is 4.79 Å². The summed E-state index contributed by atoms with van der Waals surface area (Å²) in [5.74, 6) is -1.35. The molecule has 0 radical (unpaired) electrons. The minimum absolute atomic E-state index is 0.0654. The summed E-state index contributed by atoms with van der Waals surface area (Å²) in [6.45, 7) is 7.81. The lowest BCUT2D eigenvalue weighted by molar-refractivity contribution is -0.192. The number of amides is 1. The molecule has 0 saturated carbocycles. The zero-order valence-electron chi connectivity index (χ0n) is 11.3. The van der Waals surface area contributed by atoms with Gasteiger partial charge >= 0.3 is 12.1 Å². The van der Waals surface area contributed by atoms with Crippen LogP contribution >= 0.6 is 0 Å². The van der Waals surface area contributed by atoms with E-state index in [1.807, 2.05) is 13.8 Å². The predicted molar refractivity (Wildman–Crippen MR) is 63.1 cm³/mol.